The molecule has 3 heterocycles. The second kappa shape index (κ2) is 5.45. The van der Waals surface area contributed by atoms with Crippen LogP contribution in [0.15, 0.2) is 0 Å². The van der Waals surface area contributed by atoms with Gasteiger partial charge < -0.3 is 14.7 Å². The molecule has 4 rings (SSSR count). The third-order valence-electron chi connectivity index (χ3n) is 5.29. The van der Waals surface area contributed by atoms with E-state index in [1.54, 1.807) is 4.90 Å². The number of hydrogen-bond donors (Lipinski definition) is 2. The third kappa shape index (κ3) is 2.40. The van der Waals surface area contributed by atoms with Gasteiger partial charge in [0.25, 0.3) is 0 Å². The van der Waals surface area contributed by atoms with Crippen molar-refractivity contribution in [2.45, 2.75) is 32.3 Å². The highest BCUT2D eigenvalue weighted by Gasteiger charge is 2.55. The summed E-state index contributed by atoms with van der Waals surface area (Å²) in [7, 11) is 0. The number of aromatic nitrogens is 1. The number of carbonyl (C=O) groups excluding carboxylic acids is 1. The van der Waals surface area contributed by atoms with Crippen LogP contribution in [0.3, 0.4) is 0 Å². The van der Waals surface area contributed by atoms with E-state index in [9.17, 15) is 14.7 Å². The molecular weight excluding hydrogens is 318 g/mol. The van der Waals surface area contributed by atoms with Gasteiger partial charge in [-0.1, -0.05) is 17.8 Å². The SMILES string of the molecule is O=C(Nc1nc2c(s1)COCC2)N1C[C@@H]2CCC[C@@]2(C(=O)O)C1. The van der Waals surface area contributed by atoms with Crippen LogP contribution < -0.4 is 5.32 Å². The number of carboxylic acids is 1. The van der Waals surface area contributed by atoms with Crippen LogP contribution in [0, 0.1) is 11.3 Å². The van der Waals surface area contributed by atoms with E-state index in [1.165, 1.54) is 11.3 Å². The molecular formula is C15H19N3O4S. The maximum Gasteiger partial charge on any atom is 0.323 e. The molecule has 2 N–H and O–H groups in total. The molecule has 0 spiro atoms. The van der Waals surface area contributed by atoms with Crippen LogP contribution in [0.25, 0.3) is 0 Å². The number of amides is 2. The van der Waals surface area contributed by atoms with Crippen LogP contribution in [0.5, 0.6) is 0 Å². The maximum atomic E-state index is 12.5. The van der Waals surface area contributed by atoms with Crippen molar-refractivity contribution in [3.05, 3.63) is 10.6 Å². The summed E-state index contributed by atoms with van der Waals surface area (Å²) in [4.78, 5) is 31.3. The number of likely N-dealkylation sites (tertiary alicyclic amines) is 1. The first-order valence-corrected chi connectivity index (χ1v) is 8.76. The summed E-state index contributed by atoms with van der Waals surface area (Å²) in [5.41, 5.74) is 0.254. The highest BCUT2D eigenvalue weighted by atomic mass is 32.1. The molecule has 8 heteroatoms. The lowest BCUT2D eigenvalue weighted by Gasteiger charge is -2.23. The number of carbonyl (C=O) groups is 2. The Bertz CT molecular complexity index is 638. The zero-order valence-corrected chi connectivity index (χ0v) is 13.5. The van der Waals surface area contributed by atoms with Gasteiger partial charge in [-0.15, -0.1) is 0 Å². The smallest absolute Gasteiger partial charge is 0.323 e. The fraction of sp³-hybridized carbons (Fsp3) is 0.667. The van der Waals surface area contributed by atoms with Crippen molar-refractivity contribution < 1.29 is 19.4 Å². The summed E-state index contributed by atoms with van der Waals surface area (Å²) in [6.45, 7) is 2.04. The number of thiazole rings is 1. The number of nitrogens with zero attached hydrogens (tertiary/aromatic N) is 2. The second-order valence-electron chi connectivity index (χ2n) is 6.55. The predicted molar refractivity (Wildman–Crippen MR) is 83.5 cm³/mol. The quantitative estimate of drug-likeness (QED) is 0.860. The molecule has 1 saturated heterocycles. The number of anilines is 1. The van der Waals surface area contributed by atoms with Crippen molar-refractivity contribution in [1.82, 2.24) is 9.88 Å². The van der Waals surface area contributed by atoms with Crippen molar-refractivity contribution in [2.24, 2.45) is 11.3 Å². The lowest BCUT2D eigenvalue weighted by atomic mass is 9.81. The lowest BCUT2D eigenvalue weighted by molar-refractivity contribution is -0.149. The lowest BCUT2D eigenvalue weighted by Crippen LogP contribution is -2.38. The number of carboxylic acid groups (broad SMARTS) is 1. The van der Waals surface area contributed by atoms with Crippen molar-refractivity contribution >= 4 is 28.5 Å². The standard InChI is InChI=1S/C15H19N3O4S/c19-12(20)15-4-1-2-9(15)6-18(8-15)14(21)17-13-16-10-3-5-22-7-11(10)23-13/h9H,1-8H2,(H,19,20)(H,16,17,21)/t9-,15+/m0/s1. The van der Waals surface area contributed by atoms with E-state index in [0.717, 1.165) is 29.8 Å². The van der Waals surface area contributed by atoms with Gasteiger partial charge in [0.2, 0.25) is 0 Å². The second-order valence-corrected chi connectivity index (χ2v) is 7.64. The van der Waals surface area contributed by atoms with Gasteiger partial charge in [0, 0.05) is 19.5 Å². The number of hydrogen-bond acceptors (Lipinski definition) is 5. The van der Waals surface area contributed by atoms with Crippen LogP contribution in [-0.2, 0) is 22.6 Å². The Labute approximate surface area is 137 Å². The summed E-state index contributed by atoms with van der Waals surface area (Å²) in [6, 6.07) is -0.243. The van der Waals surface area contributed by atoms with E-state index in [1.807, 2.05) is 0 Å². The number of fused-ring (bicyclic) bond motifs is 2. The van der Waals surface area contributed by atoms with Crippen LogP contribution >= 0.6 is 11.3 Å². The molecule has 0 bridgehead atoms. The molecule has 1 aromatic rings. The average molecular weight is 337 g/mol. The minimum Gasteiger partial charge on any atom is -0.481 e. The van der Waals surface area contributed by atoms with E-state index in [4.69, 9.17) is 4.74 Å². The Morgan fingerprint density at radius 1 is 1.48 bits per heavy atom. The van der Waals surface area contributed by atoms with E-state index >= 15 is 0 Å². The van der Waals surface area contributed by atoms with Gasteiger partial charge in [-0.25, -0.2) is 9.78 Å². The number of nitrogens with one attached hydrogen (secondary N) is 1. The molecule has 2 atom stereocenters. The molecule has 3 aliphatic rings. The van der Waals surface area contributed by atoms with Gasteiger partial charge in [0.05, 0.1) is 29.2 Å². The summed E-state index contributed by atoms with van der Waals surface area (Å²) in [6.07, 6.45) is 3.26. The zero-order valence-electron chi connectivity index (χ0n) is 12.7. The van der Waals surface area contributed by atoms with Crippen molar-refractivity contribution in [1.29, 1.82) is 0 Å². The van der Waals surface area contributed by atoms with E-state index in [-0.39, 0.29) is 11.9 Å². The monoisotopic (exact) mass is 337 g/mol. The number of rotatable bonds is 2. The van der Waals surface area contributed by atoms with Crippen LogP contribution in [0.1, 0.15) is 29.8 Å². The Morgan fingerprint density at radius 2 is 2.35 bits per heavy atom. The van der Waals surface area contributed by atoms with Crippen molar-refractivity contribution in [3.63, 3.8) is 0 Å². The molecule has 0 unspecified atom stereocenters. The van der Waals surface area contributed by atoms with Crippen LogP contribution in [0.2, 0.25) is 0 Å². The number of ether oxygens (including phenoxy) is 1. The van der Waals surface area contributed by atoms with Crippen molar-refractivity contribution in [2.75, 3.05) is 25.0 Å². The van der Waals surface area contributed by atoms with Gasteiger partial charge in [-0.2, -0.15) is 0 Å². The molecule has 23 heavy (non-hydrogen) atoms. The molecule has 0 radical (unpaired) electrons. The first kappa shape index (κ1) is 14.9. The van der Waals surface area contributed by atoms with E-state index < -0.39 is 11.4 Å². The number of urea groups is 1. The summed E-state index contributed by atoms with van der Waals surface area (Å²) in [5.74, 6) is -0.694. The Balaban J connectivity index is 1.46. The Kier molecular flexibility index (Phi) is 3.53. The van der Waals surface area contributed by atoms with Crippen molar-refractivity contribution in [3.8, 4) is 0 Å². The summed E-state index contributed by atoms with van der Waals surface area (Å²) < 4.78 is 5.39. The molecule has 1 aliphatic carbocycles. The van der Waals surface area contributed by atoms with E-state index in [2.05, 4.69) is 10.3 Å². The van der Waals surface area contributed by atoms with Gasteiger partial charge in [0.15, 0.2) is 5.13 Å². The van der Waals surface area contributed by atoms with Gasteiger partial charge in [-0.05, 0) is 18.8 Å². The van der Waals surface area contributed by atoms with Gasteiger partial charge >= 0.3 is 12.0 Å². The fourth-order valence-electron chi connectivity index (χ4n) is 4.04. The largest absolute Gasteiger partial charge is 0.481 e. The molecule has 2 amide bonds. The minimum atomic E-state index is -0.767. The normalized spacial score (nSPS) is 29.2. The summed E-state index contributed by atoms with van der Waals surface area (Å²) in [5, 5.41) is 13.0. The van der Waals surface area contributed by atoms with Gasteiger partial charge in [-0.3, -0.25) is 10.1 Å². The zero-order chi connectivity index (χ0) is 16.0. The van der Waals surface area contributed by atoms with Crippen LogP contribution in [0.4, 0.5) is 9.93 Å². The Hall–Kier alpha value is -1.67. The third-order valence-corrected chi connectivity index (χ3v) is 6.28. The summed E-state index contributed by atoms with van der Waals surface area (Å²) >= 11 is 1.44. The fourth-order valence-corrected chi connectivity index (χ4v) is 4.98. The van der Waals surface area contributed by atoms with E-state index in [0.29, 0.717) is 37.9 Å². The molecule has 2 aliphatic heterocycles. The molecule has 124 valence electrons. The first-order valence-electron chi connectivity index (χ1n) is 7.94. The molecule has 1 aromatic heterocycles. The molecule has 7 nitrogen and oxygen atoms in total. The Morgan fingerprint density at radius 3 is 3.09 bits per heavy atom. The molecule has 2 fully saturated rings. The minimum absolute atomic E-state index is 0.0728. The predicted octanol–water partition coefficient (Wildman–Crippen LogP) is 1.93. The molecule has 0 aromatic carbocycles. The highest BCUT2D eigenvalue weighted by molar-refractivity contribution is 7.15. The number of aliphatic carboxylic acids is 1. The topological polar surface area (TPSA) is 91.8 Å². The average Bonchev–Trinajstić information content (AvgIpc) is 3.18. The molecule has 1 saturated carbocycles. The first-order chi connectivity index (χ1) is 11.1. The maximum absolute atomic E-state index is 12.5. The highest BCUT2D eigenvalue weighted by Crippen LogP contribution is 2.49. The van der Waals surface area contributed by atoms with Crippen LogP contribution in [-0.4, -0.2) is 46.7 Å². The van der Waals surface area contributed by atoms with Gasteiger partial charge in [0.1, 0.15) is 0 Å².